The second-order valence-corrected chi connectivity index (χ2v) is 4.08. The Labute approximate surface area is 103 Å². The molecule has 1 aliphatic rings. The van der Waals surface area contributed by atoms with Crippen LogP contribution in [-0.4, -0.2) is 37.0 Å². The summed E-state index contributed by atoms with van der Waals surface area (Å²) in [4.78, 5) is 20.3. The molecule has 7 nitrogen and oxygen atoms in total. The van der Waals surface area contributed by atoms with E-state index in [4.69, 9.17) is 4.74 Å². The van der Waals surface area contributed by atoms with Gasteiger partial charge < -0.3 is 4.74 Å². The molecule has 3 heterocycles. The summed E-state index contributed by atoms with van der Waals surface area (Å²) in [5, 5.41) is 4.32. The number of hydrogen-bond donors (Lipinski definition) is 0. The Morgan fingerprint density at radius 2 is 2.33 bits per heavy atom. The first-order chi connectivity index (χ1) is 8.79. The van der Waals surface area contributed by atoms with Gasteiger partial charge in [0.25, 0.3) is 0 Å². The molecule has 3 rings (SSSR count). The number of epoxide rings is 1. The van der Waals surface area contributed by atoms with E-state index in [1.54, 1.807) is 23.2 Å². The number of rotatable bonds is 4. The van der Waals surface area contributed by atoms with E-state index in [-0.39, 0.29) is 11.8 Å². The van der Waals surface area contributed by atoms with Crippen molar-refractivity contribution in [2.45, 2.75) is 26.1 Å². The van der Waals surface area contributed by atoms with Crippen LogP contribution in [0.4, 0.5) is 0 Å². The minimum Gasteiger partial charge on any atom is -0.371 e. The zero-order valence-electron chi connectivity index (χ0n) is 9.98. The van der Waals surface area contributed by atoms with Gasteiger partial charge >= 0.3 is 5.69 Å². The molecular formula is C11H13N5O2. The van der Waals surface area contributed by atoms with E-state index in [0.29, 0.717) is 31.2 Å². The van der Waals surface area contributed by atoms with Gasteiger partial charge in [0.2, 0.25) is 0 Å². The van der Waals surface area contributed by atoms with Crippen LogP contribution in [0.25, 0.3) is 11.5 Å². The summed E-state index contributed by atoms with van der Waals surface area (Å²) in [5.74, 6) is 0.552. The molecule has 1 atom stereocenters. The largest absolute Gasteiger partial charge is 0.371 e. The van der Waals surface area contributed by atoms with Gasteiger partial charge in [-0.3, -0.25) is 9.55 Å². The molecule has 1 unspecified atom stereocenters. The van der Waals surface area contributed by atoms with Crippen molar-refractivity contribution >= 4 is 0 Å². The minimum absolute atomic E-state index is 0.123. The van der Waals surface area contributed by atoms with E-state index in [1.165, 1.54) is 4.68 Å². The Morgan fingerprint density at radius 3 is 2.94 bits per heavy atom. The molecule has 94 valence electrons. The van der Waals surface area contributed by atoms with E-state index in [9.17, 15) is 4.79 Å². The second kappa shape index (κ2) is 4.34. The normalized spacial score (nSPS) is 17.9. The lowest BCUT2D eigenvalue weighted by molar-refractivity contribution is 0.369. The molecule has 2 aromatic heterocycles. The third-order valence-electron chi connectivity index (χ3n) is 2.81. The van der Waals surface area contributed by atoms with Gasteiger partial charge in [0.1, 0.15) is 11.8 Å². The average molecular weight is 247 g/mol. The van der Waals surface area contributed by atoms with Gasteiger partial charge in [-0.2, -0.15) is 0 Å². The molecular weight excluding hydrogens is 234 g/mol. The molecule has 0 radical (unpaired) electrons. The minimum atomic E-state index is -0.131. The van der Waals surface area contributed by atoms with Crippen LogP contribution in [0, 0.1) is 0 Å². The monoisotopic (exact) mass is 247 g/mol. The lowest BCUT2D eigenvalue weighted by atomic mass is 10.4. The first-order valence-electron chi connectivity index (χ1n) is 5.85. The van der Waals surface area contributed by atoms with Crippen LogP contribution in [0.5, 0.6) is 0 Å². The highest BCUT2D eigenvalue weighted by Gasteiger charge is 2.26. The molecule has 1 fully saturated rings. The SMILES string of the molecule is CCn1c(-c2cnccn2)nn(CC2CO2)c1=O. The van der Waals surface area contributed by atoms with Gasteiger partial charge in [0.15, 0.2) is 5.82 Å². The predicted octanol–water partition coefficient (Wildman–Crippen LogP) is -0.0795. The molecule has 0 N–H and O–H groups in total. The maximum Gasteiger partial charge on any atom is 0.346 e. The Balaban J connectivity index is 2.05. The van der Waals surface area contributed by atoms with Crippen LogP contribution < -0.4 is 5.69 Å². The fourth-order valence-corrected chi connectivity index (χ4v) is 1.82. The Morgan fingerprint density at radius 1 is 1.50 bits per heavy atom. The van der Waals surface area contributed by atoms with Crippen molar-refractivity contribution < 1.29 is 4.74 Å². The van der Waals surface area contributed by atoms with Crippen molar-refractivity contribution in [3.8, 4) is 11.5 Å². The smallest absolute Gasteiger partial charge is 0.346 e. The van der Waals surface area contributed by atoms with Gasteiger partial charge in [-0.15, -0.1) is 5.10 Å². The first kappa shape index (κ1) is 11.1. The number of nitrogens with zero attached hydrogens (tertiary/aromatic N) is 5. The molecule has 0 amide bonds. The summed E-state index contributed by atoms with van der Waals surface area (Å²) >= 11 is 0. The third kappa shape index (κ3) is 1.92. The van der Waals surface area contributed by atoms with Gasteiger partial charge in [-0.1, -0.05) is 0 Å². The molecule has 1 saturated heterocycles. The van der Waals surface area contributed by atoms with E-state index >= 15 is 0 Å². The maximum atomic E-state index is 12.1. The molecule has 0 saturated carbocycles. The highest BCUT2D eigenvalue weighted by atomic mass is 16.6. The predicted molar refractivity (Wildman–Crippen MR) is 62.9 cm³/mol. The third-order valence-corrected chi connectivity index (χ3v) is 2.81. The van der Waals surface area contributed by atoms with Crippen molar-refractivity contribution in [3.05, 3.63) is 29.1 Å². The molecule has 7 heteroatoms. The number of aromatic nitrogens is 5. The second-order valence-electron chi connectivity index (χ2n) is 4.08. The van der Waals surface area contributed by atoms with Crippen LogP contribution in [0.15, 0.2) is 23.4 Å². The Hall–Kier alpha value is -2.02. The van der Waals surface area contributed by atoms with Crippen molar-refractivity contribution in [1.82, 2.24) is 24.3 Å². The molecule has 0 spiro atoms. The van der Waals surface area contributed by atoms with Crippen molar-refractivity contribution in [2.75, 3.05) is 6.61 Å². The van der Waals surface area contributed by atoms with Crippen molar-refractivity contribution in [1.29, 1.82) is 0 Å². The molecule has 1 aliphatic heterocycles. The van der Waals surface area contributed by atoms with Crippen molar-refractivity contribution in [3.63, 3.8) is 0 Å². The standard InChI is InChI=1S/C11H13N5O2/c1-2-15-10(9-5-12-3-4-13-9)14-16(11(15)17)6-8-7-18-8/h3-5,8H,2,6-7H2,1H3. The van der Waals surface area contributed by atoms with E-state index in [0.717, 1.165) is 0 Å². The van der Waals surface area contributed by atoms with E-state index in [2.05, 4.69) is 15.1 Å². The average Bonchev–Trinajstić information content (AvgIpc) is 3.16. The van der Waals surface area contributed by atoms with E-state index in [1.807, 2.05) is 6.92 Å². The quantitative estimate of drug-likeness (QED) is 0.706. The molecule has 2 aromatic rings. The summed E-state index contributed by atoms with van der Waals surface area (Å²) in [6.07, 6.45) is 4.90. The van der Waals surface area contributed by atoms with Crippen LogP contribution in [0.2, 0.25) is 0 Å². The Kier molecular flexibility index (Phi) is 2.67. The summed E-state index contributed by atoms with van der Waals surface area (Å²) in [7, 11) is 0. The molecule has 18 heavy (non-hydrogen) atoms. The topological polar surface area (TPSA) is 78.1 Å². The van der Waals surface area contributed by atoms with Gasteiger partial charge in [-0.05, 0) is 6.92 Å². The number of ether oxygens (including phenoxy) is 1. The Bertz CT molecular complexity index is 600. The highest BCUT2D eigenvalue weighted by Crippen LogP contribution is 2.13. The van der Waals surface area contributed by atoms with Crippen LogP contribution in [0.1, 0.15) is 6.92 Å². The van der Waals surface area contributed by atoms with Gasteiger partial charge in [-0.25, -0.2) is 14.5 Å². The molecule has 0 aliphatic carbocycles. The number of hydrogen-bond acceptors (Lipinski definition) is 5. The maximum absolute atomic E-state index is 12.1. The molecule has 0 bridgehead atoms. The van der Waals surface area contributed by atoms with Crippen LogP contribution in [-0.2, 0) is 17.8 Å². The zero-order valence-corrected chi connectivity index (χ0v) is 9.98. The summed E-state index contributed by atoms with van der Waals surface area (Å²) in [6.45, 7) is 3.65. The molecule has 0 aromatic carbocycles. The summed E-state index contributed by atoms with van der Waals surface area (Å²) < 4.78 is 8.14. The van der Waals surface area contributed by atoms with Gasteiger partial charge in [0, 0.05) is 18.9 Å². The lowest BCUT2D eigenvalue weighted by Crippen LogP contribution is -2.26. The lowest BCUT2D eigenvalue weighted by Gasteiger charge is -1.99. The fourth-order valence-electron chi connectivity index (χ4n) is 1.82. The van der Waals surface area contributed by atoms with E-state index < -0.39 is 0 Å². The zero-order chi connectivity index (χ0) is 12.5. The fraction of sp³-hybridized carbons (Fsp3) is 0.455. The van der Waals surface area contributed by atoms with Crippen LogP contribution >= 0.6 is 0 Å². The van der Waals surface area contributed by atoms with Crippen molar-refractivity contribution in [2.24, 2.45) is 0 Å². The first-order valence-corrected chi connectivity index (χ1v) is 5.85. The van der Waals surface area contributed by atoms with Gasteiger partial charge in [0.05, 0.1) is 19.3 Å². The summed E-state index contributed by atoms with van der Waals surface area (Å²) in [5.41, 5.74) is 0.473. The van der Waals surface area contributed by atoms with Crippen LogP contribution in [0.3, 0.4) is 0 Å². The highest BCUT2D eigenvalue weighted by molar-refractivity contribution is 5.46. The summed E-state index contributed by atoms with van der Waals surface area (Å²) in [6, 6.07) is 0.